The van der Waals surface area contributed by atoms with Crippen LogP contribution in [0.5, 0.6) is 5.75 Å². The van der Waals surface area contributed by atoms with Crippen molar-refractivity contribution >= 4 is 39.1 Å². The average Bonchev–Trinajstić information content (AvgIpc) is 3.07. The molecule has 0 spiro atoms. The minimum absolute atomic E-state index is 0.286. The third-order valence-electron chi connectivity index (χ3n) is 4.61. The van der Waals surface area contributed by atoms with Gasteiger partial charge < -0.3 is 14.0 Å². The van der Waals surface area contributed by atoms with Gasteiger partial charge in [0.15, 0.2) is 4.80 Å². The van der Waals surface area contributed by atoms with Crippen LogP contribution in [0.15, 0.2) is 41.4 Å². The molecule has 0 aliphatic rings. The number of hydrogen-bond donors (Lipinski definition) is 0. The van der Waals surface area contributed by atoms with E-state index in [4.69, 9.17) is 21.1 Å². The summed E-state index contributed by atoms with van der Waals surface area (Å²) in [5.74, 6) is 0.476. The largest absolute Gasteiger partial charge is 0.494 e. The minimum atomic E-state index is -0.286. The van der Waals surface area contributed by atoms with Crippen molar-refractivity contribution in [2.24, 2.45) is 4.99 Å². The first-order valence-electron chi connectivity index (χ1n) is 9.64. The SMILES string of the molecule is CCCCOc1ccc(C(=O)N=c2sc3ccc(Cl)c(C)c3n2CCOC)cc1. The Bertz CT molecular complexity index is 1050. The lowest BCUT2D eigenvalue weighted by molar-refractivity contribution is 0.0997. The van der Waals surface area contributed by atoms with Crippen molar-refractivity contribution in [1.29, 1.82) is 0 Å². The molecule has 1 heterocycles. The summed E-state index contributed by atoms with van der Waals surface area (Å²) in [4.78, 5) is 17.8. The number of aromatic nitrogens is 1. The summed E-state index contributed by atoms with van der Waals surface area (Å²) in [6.45, 7) is 5.88. The van der Waals surface area contributed by atoms with Crippen molar-refractivity contribution in [2.75, 3.05) is 20.3 Å². The maximum Gasteiger partial charge on any atom is 0.279 e. The number of fused-ring (bicyclic) bond motifs is 1. The zero-order valence-electron chi connectivity index (χ0n) is 16.9. The molecule has 0 saturated heterocycles. The average molecular weight is 433 g/mol. The van der Waals surface area contributed by atoms with Crippen LogP contribution in [0.1, 0.15) is 35.7 Å². The number of methoxy groups -OCH3 is 1. The lowest BCUT2D eigenvalue weighted by atomic mass is 10.2. The monoisotopic (exact) mass is 432 g/mol. The highest BCUT2D eigenvalue weighted by Gasteiger charge is 2.13. The van der Waals surface area contributed by atoms with E-state index in [2.05, 4.69) is 11.9 Å². The lowest BCUT2D eigenvalue weighted by Crippen LogP contribution is -2.19. The molecule has 29 heavy (non-hydrogen) atoms. The fourth-order valence-electron chi connectivity index (χ4n) is 2.97. The molecule has 0 N–H and O–H groups in total. The predicted molar refractivity (Wildman–Crippen MR) is 118 cm³/mol. The molecule has 7 heteroatoms. The second-order valence-corrected chi connectivity index (χ2v) is 8.11. The van der Waals surface area contributed by atoms with Crippen molar-refractivity contribution < 1.29 is 14.3 Å². The van der Waals surface area contributed by atoms with E-state index in [1.54, 1.807) is 19.2 Å². The van der Waals surface area contributed by atoms with Gasteiger partial charge in [0.05, 0.1) is 23.4 Å². The molecule has 0 aliphatic carbocycles. The summed E-state index contributed by atoms with van der Waals surface area (Å²) in [5, 5.41) is 0.693. The van der Waals surface area contributed by atoms with Crippen LogP contribution >= 0.6 is 22.9 Å². The highest BCUT2D eigenvalue weighted by molar-refractivity contribution is 7.16. The minimum Gasteiger partial charge on any atom is -0.494 e. The lowest BCUT2D eigenvalue weighted by Gasteiger charge is -2.07. The summed E-state index contributed by atoms with van der Waals surface area (Å²) in [6.07, 6.45) is 2.09. The quantitative estimate of drug-likeness (QED) is 0.458. The van der Waals surface area contributed by atoms with Gasteiger partial charge in [-0.2, -0.15) is 4.99 Å². The number of unbranched alkanes of at least 4 members (excludes halogenated alkanes) is 1. The van der Waals surface area contributed by atoms with E-state index in [0.717, 1.165) is 34.4 Å². The van der Waals surface area contributed by atoms with E-state index >= 15 is 0 Å². The van der Waals surface area contributed by atoms with Gasteiger partial charge >= 0.3 is 0 Å². The summed E-state index contributed by atoms with van der Waals surface area (Å²) in [6, 6.07) is 11.0. The molecule has 1 amide bonds. The van der Waals surface area contributed by atoms with Gasteiger partial charge in [-0.15, -0.1) is 0 Å². The molecule has 0 radical (unpaired) electrons. The molecular weight excluding hydrogens is 408 g/mol. The number of thiazole rings is 1. The van der Waals surface area contributed by atoms with Gasteiger partial charge in [-0.25, -0.2) is 0 Å². The Hall–Kier alpha value is -2.15. The van der Waals surface area contributed by atoms with Crippen molar-refractivity contribution in [2.45, 2.75) is 33.2 Å². The molecule has 154 valence electrons. The van der Waals surface area contributed by atoms with Crippen LogP contribution in [0.2, 0.25) is 5.02 Å². The fraction of sp³-hybridized carbons (Fsp3) is 0.364. The van der Waals surface area contributed by atoms with Crippen LogP contribution < -0.4 is 9.54 Å². The zero-order valence-corrected chi connectivity index (χ0v) is 18.5. The number of halogens is 1. The Labute approximate surface area is 179 Å². The second-order valence-electron chi connectivity index (χ2n) is 6.69. The van der Waals surface area contributed by atoms with Crippen LogP contribution in [-0.2, 0) is 11.3 Å². The number of ether oxygens (including phenoxy) is 2. The Morgan fingerprint density at radius 3 is 2.62 bits per heavy atom. The standard InChI is InChI=1S/C22H25ClN2O3S/c1-4-5-13-28-17-8-6-16(7-9-17)21(26)24-22-25(12-14-27-3)20-15(2)18(23)10-11-19(20)29-22/h6-11H,4-5,12-14H2,1-3H3. The summed E-state index contributed by atoms with van der Waals surface area (Å²) >= 11 is 7.79. The number of carbonyl (C=O) groups is 1. The zero-order chi connectivity index (χ0) is 20.8. The Morgan fingerprint density at radius 1 is 1.17 bits per heavy atom. The van der Waals surface area contributed by atoms with Crippen LogP contribution in [0.3, 0.4) is 0 Å². The topological polar surface area (TPSA) is 52.8 Å². The number of nitrogens with zero attached hydrogens (tertiary/aromatic N) is 2. The second kappa shape index (κ2) is 10.1. The van der Waals surface area contributed by atoms with E-state index in [1.165, 1.54) is 11.3 Å². The maximum absolute atomic E-state index is 12.8. The van der Waals surface area contributed by atoms with E-state index in [0.29, 0.717) is 35.1 Å². The molecule has 0 unspecified atom stereocenters. The molecule has 5 nitrogen and oxygen atoms in total. The van der Waals surface area contributed by atoms with Crippen LogP contribution in [0.25, 0.3) is 10.2 Å². The van der Waals surface area contributed by atoms with Gasteiger partial charge in [0.25, 0.3) is 5.91 Å². The molecule has 1 aromatic heterocycles. The molecule has 0 aliphatic heterocycles. The first-order chi connectivity index (χ1) is 14.0. The van der Waals surface area contributed by atoms with Crippen LogP contribution in [0, 0.1) is 6.92 Å². The molecule has 0 bridgehead atoms. The molecule has 0 saturated carbocycles. The normalized spacial score (nSPS) is 11.9. The molecule has 0 atom stereocenters. The Kier molecular flexibility index (Phi) is 7.47. The van der Waals surface area contributed by atoms with Crippen molar-refractivity contribution in [3.8, 4) is 5.75 Å². The third-order valence-corrected chi connectivity index (χ3v) is 6.07. The molecule has 0 fully saturated rings. The Morgan fingerprint density at radius 2 is 1.93 bits per heavy atom. The predicted octanol–water partition coefficient (Wildman–Crippen LogP) is 5.23. The van der Waals surface area contributed by atoms with Gasteiger partial charge in [-0.1, -0.05) is 36.3 Å². The van der Waals surface area contributed by atoms with Crippen molar-refractivity contribution in [3.63, 3.8) is 0 Å². The number of benzene rings is 2. The van der Waals surface area contributed by atoms with Gasteiger partial charge in [0, 0.05) is 24.2 Å². The fourth-order valence-corrected chi connectivity index (χ4v) is 4.24. The number of amides is 1. The molecule has 3 rings (SSSR count). The van der Waals surface area contributed by atoms with E-state index < -0.39 is 0 Å². The highest BCUT2D eigenvalue weighted by atomic mass is 35.5. The van der Waals surface area contributed by atoms with Crippen molar-refractivity contribution in [3.05, 3.63) is 57.3 Å². The molecule has 2 aromatic carbocycles. The van der Waals surface area contributed by atoms with Gasteiger partial charge in [0.2, 0.25) is 0 Å². The van der Waals surface area contributed by atoms with Gasteiger partial charge in [-0.3, -0.25) is 4.79 Å². The van der Waals surface area contributed by atoms with Crippen LogP contribution in [0.4, 0.5) is 0 Å². The van der Waals surface area contributed by atoms with E-state index in [-0.39, 0.29) is 5.91 Å². The maximum atomic E-state index is 12.8. The van der Waals surface area contributed by atoms with Crippen LogP contribution in [-0.4, -0.2) is 30.8 Å². The summed E-state index contributed by atoms with van der Waals surface area (Å²) < 4.78 is 13.9. The number of aryl methyl sites for hydroxylation is 1. The number of hydrogen-bond acceptors (Lipinski definition) is 4. The molecule has 3 aromatic rings. The highest BCUT2D eigenvalue weighted by Crippen LogP contribution is 2.27. The van der Waals surface area contributed by atoms with Gasteiger partial charge in [-0.05, 0) is 55.3 Å². The number of carbonyl (C=O) groups excluding carboxylic acids is 1. The summed E-state index contributed by atoms with van der Waals surface area (Å²) in [5.41, 5.74) is 2.49. The smallest absolute Gasteiger partial charge is 0.279 e. The first-order valence-corrected chi connectivity index (χ1v) is 10.8. The van der Waals surface area contributed by atoms with E-state index in [9.17, 15) is 4.79 Å². The van der Waals surface area contributed by atoms with Gasteiger partial charge in [0.1, 0.15) is 5.75 Å². The number of rotatable bonds is 8. The first kappa shape index (κ1) is 21.6. The molecular formula is C22H25ClN2O3S. The summed E-state index contributed by atoms with van der Waals surface area (Å²) in [7, 11) is 1.65. The van der Waals surface area contributed by atoms with E-state index in [1.807, 2.05) is 35.8 Å². The van der Waals surface area contributed by atoms with Crippen molar-refractivity contribution in [1.82, 2.24) is 4.57 Å². The third kappa shape index (κ3) is 5.07. The Balaban J connectivity index is 1.94.